The molecular weight excluding hydrogens is 174 g/mol. The Morgan fingerprint density at radius 2 is 1.79 bits per heavy atom. The minimum absolute atomic E-state index is 0.246. The molecule has 1 unspecified atom stereocenters. The first-order chi connectivity index (χ1) is 6.61. The van der Waals surface area contributed by atoms with Gasteiger partial charge >= 0.3 is 0 Å². The van der Waals surface area contributed by atoms with Crippen LogP contribution in [0.1, 0.15) is 53.4 Å². The van der Waals surface area contributed by atoms with Gasteiger partial charge in [-0.25, -0.2) is 0 Å². The molecule has 0 rings (SSSR count). The van der Waals surface area contributed by atoms with Crippen LogP contribution in [0.25, 0.3) is 0 Å². The first-order valence-electron chi connectivity index (χ1n) is 5.98. The Balaban J connectivity index is 3.62. The van der Waals surface area contributed by atoms with Gasteiger partial charge in [0.15, 0.2) is 0 Å². The zero-order valence-electron chi connectivity index (χ0n) is 10.2. The summed E-state index contributed by atoms with van der Waals surface area (Å²) in [6, 6.07) is 0.785. The van der Waals surface area contributed by atoms with Gasteiger partial charge in [-0.05, 0) is 19.3 Å². The van der Waals surface area contributed by atoms with Crippen LogP contribution in [-0.2, 0) is 0 Å². The molecule has 2 heteroatoms. The van der Waals surface area contributed by atoms with Crippen molar-refractivity contribution in [2.75, 3.05) is 6.61 Å². The zero-order chi connectivity index (χ0) is 11.0. The van der Waals surface area contributed by atoms with Gasteiger partial charge in [-0.2, -0.15) is 0 Å². The predicted molar refractivity (Wildman–Crippen MR) is 62.5 cm³/mol. The number of aliphatic hydroxyl groups is 1. The molecule has 14 heavy (non-hydrogen) atoms. The summed E-state index contributed by atoms with van der Waals surface area (Å²) in [5.41, 5.74) is 0. The summed E-state index contributed by atoms with van der Waals surface area (Å²) in [5, 5.41) is 12.6. The monoisotopic (exact) mass is 201 g/mol. The summed E-state index contributed by atoms with van der Waals surface area (Å²) in [4.78, 5) is 0. The second kappa shape index (κ2) is 8.25. The number of rotatable bonds is 8. The normalized spacial score (nSPS) is 15.9. The van der Waals surface area contributed by atoms with Gasteiger partial charge in [-0.15, -0.1) is 0 Å². The van der Waals surface area contributed by atoms with Crippen molar-refractivity contribution < 1.29 is 5.11 Å². The van der Waals surface area contributed by atoms with E-state index < -0.39 is 0 Å². The van der Waals surface area contributed by atoms with E-state index in [2.05, 4.69) is 33.0 Å². The molecule has 0 aromatic heterocycles. The average molecular weight is 201 g/mol. The lowest BCUT2D eigenvalue weighted by molar-refractivity contribution is 0.198. The van der Waals surface area contributed by atoms with E-state index in [9.17, 15) is 0 Å². The van der Waals surface area contributed by atoms with Gasteiger partial charge in [0, 0.05) is 12.1 Å². The smallest absolute Gasteiger partial charge is 0.0587 e. The average Bonchev–Trinajstić information content (AvgIpc) is 2.14. The van der Waals surface area contributed by atoms with E-state index in [1.807, 2.05) is 0 Å². The Labute approximate surface area is 89.1 Å². The molecule has 0 saturated heterocycles. The molecule has 0 aliphatic carbocycles. The van der Waals surface area contributed by atoms with Crippen LogP contribution in [0.2, 0.25) is 0 Å². The van der Waals surface area contributed by atoms with Gasteiger partial charge in [0.2, 0.25) is 0 Å². The second-order valence-electron chi connectivity index (χ2n) is 4.60. The molecule has 2 atom stereocenters. The van der Waals surface area contributed by atoms with Crippen molar-refractivity contribution in [2.45, 2.75) is 65.5 Å². The van der Waals surface area contributed by atoms with Gasteiger partial charge < -0.3 is 10.4 Å². The van der Waals surface area contributed by atoms with Crippen LogP contribution in [0, 0.1) is 5.92 Å². The van der Waals surface area contributed by atoms with E-state index in [0.717, 1.165) is 0 Å². The van der Waals surface area contributed by atoms with Crippen molar-refractivity contribution in [2.24, 2.45) is 5.92 Å². The fourth-order valence-corrected chi connectivity index (χ4v) is 1.61. The fraction of sp³-hybridized carbons (Fsp3) is 1.00. The van der Waals surface area contributed by atoms with Gasteiger partial charge in [-0.1, -0.05) is 40.0 Å². The third kappa shape index (κ3) is 6.39. The Hall–Kier alpha value is -0.0800. The lowest BCUT2D eigenvalue weighted by Gasteiger charge is -2.24. The maximum atomic E-state index is 9.15. The molecule has 2 nitrogen and oxygen atoms in total. The number of aliphatic hydroxyl groups excluding tert-OH is 1. The van der Waals surface area contributed by atoms with Crippen LogP contribution in [0.15, 0.2) is 0 Å². The van der Waals surface area contributed by atoms with Crippen molar-refractivity contribution in [1.82, 2.24) is 5.32 Å². The highest BCUT2D eigenvalue weighted by atomic mass is 16.3. The fourth-order valence-electron chi connectivity index (χ4n) is 1.61. The quantitative estimate of drug-likeness (QED) is 0.592. The van der Waals surface area contributed by atoms with Crippen molar-refractivity contribution in [3.63, 3.8) is 0 Å². The van der Waals surface area contributed by atoms with Crippen molar-refractivity contribution in [3.05, 3.63) is 0 Å². The van der Waals surface area contributed by atoms with E-state index in [0.29, 0.717) is 12.0 Å². The Morgan fingerprint density at radius 3 is 2.21 bits per heavy atom. The highest BCUT2D eigenvalue weighted by molar-refractivity contribution is 4.73. The first kappa shape index (κ1) is 13.9. The summed E-state index contributed by atoms with van der Waals surface area (Å²) in [6.45, 7) is 8.97. The topological polar surface area (TPSA) is 32.3 Å². The lowest BCUT2D eigenvalue weighted by atomic mass is 10.0. The van der Waals surface area contributed by atoms with Gasteiger partial charge in [0.05, 0.1) is 6.61 Å². The van der Waals surface area contributed by atoms with Crippen LogP contribution in [0.5, 0.6) is 0 Å². The van der Waals surface area contributed by atoms with Crippen LogP contribution in [0.3, 0.4) is 0 Å². The second-order valence-corrected chi connectivity index (χ2v) is 4.60. The number of nitrogens with one attached hydrogen (secondary N) is 1. The van der Waals surface area contributed by atoms with E-state index in [4.69, 9.17) is 5.11 Å². The predicted octanol–water partition coefficient (Wildman–Crippen LogP) is 2.56. The lowest BCUT2D eigenvalue weighted by Crippen LogP contribution is -2.42. The van der Waals surface area contributed by atoms with E-state index >= 15 is 0 Å². The first-order valence-corrected chi connectivity index (χ1v) is 5.98. The number of hydrogen-bond acceptors (Lipinski definition) is 2. The summed E-state index contributed by atoms with van der Waals surface area (Å²) in [7, 11) is 0. The minimum atomic E-state index is 0.246. The molecule has 0 saturated carbocycles. The van der Waals surface area contributed by atoms with Crippen LogP contribution < -0.4 is 5.32 Å². The van der Waals surface area contributed by atoms with Gasteiger partial charge in [0.1, 0.15) is 0 Å². The molecule has 0 bridgehead atoms. The Kier molecular flexibility index (Phi) is 8.20. The zero-order valence-corrected chi connectivity index (χ0v) is 10.2. The largest absolute Gasteiger partial charge is 0.395 e. The van der Waals surface area contributed by atoms with E-state index in [-0.39, 0.29) is 12.6 Å². The van der Waals surface area contributed by atoms with Gasteiger partial charge in [0.25, 0.3) is 0 Å². The summed E-state index contributed by atoms with van der Waals surface area (Å²) < 4.78 is 0. The van der Waals surface area contributed by atoms with Gasteiger partial charge in [-0.3, -0.25) is 0 Å². The maximum Gasteiger partial charge on any atom is 0.0587 e. The Bertz CT molecular complexity index is 125. The molecule has 0 fully saturated rings. The molecule has 0 radical (unpaired) electrons. The van der Waals surface area contributed by atoms with Crippen LogP contribution in [-0.4, -0.2) is 23.8 Å². The summed E-state index contributed by atoms with van der Waals surface area (Å²) >= 11 is 0. The van der Waals surface area contributed by atoms with Crippen molar-refractivity contribution in [1.29, 1.82) is 0 Å². The van der Waals surface area contributed by atoms with Crippen LogP contribution in [0.4, 0.5) is 0 Å². The number of hydrogen-bond donors (Lipinski definition) is 2. The van der Waals surface area contributed by atoms with E-state index in [1.54, 1.807) is 0 Å². The standard InChI is InChI=1S/C12H27NO/c1-5-6-7-8-11(4)13-12(9-14)10(2)3/h10-14H,5-9H2,1-4H3/t11?,12-/m1/s1. The summed E-state index contributed by atoms with van der Waals surface area (Å²) in [5.74, 6) is 0.508. The molecule has 0 aliphatic heterocycles. The SMILES string of the molecule is CCCCCC(C)N[C@H](CO)C(C)C. The maximum absolute atomic E-state index is 9.15. The minimum Gasteiger partial charge on any atom is -0.395 e. The van der Waals surface area contributed by atoms with Crippen LogP contribution >= 0.6 is 0 Å². The molecule has 0 spiro atoms. The molecular formula is C12H27NO. The molecule has 0 aromatic rings. The van der Waals surface area contributed by atoms with Crippen molar-refractivity contribution >= 4 is 0 Å². The van der Waals surface area contributed by atoms with Crippen molar-refractivity contribution in [3.8, 4) is 0 Å². The molecule has 0 heterocycles. The third-order valence-electron chi connectivity index (χ3n) is 2.74. The summed E-state index contributed by atoms with van der Waals surface area (Å²) in [6.07, 6.45) is 5.11. The molecule has 0 amide bonds. The third-order valence-corrected chi connectivity index (χ3v) is 2.74. The molecule has 2 N–H and O–H groups in total. The number of unbranched alkanes of at least 4 members (excludes halogenated alkanes) is 2. The molecule has 86 valence electrons. The highest BCUT2D eigenvalue weighted by Gasteiger charge is 2.13. The Morgan fingerprint density at radius 1 is 1.14 bits per heavy atom. The molecule has 0 aliphatic rings. The molecule has 0 aromatic carbocycles. The van der Waals surface area contributed by atoms with E-state index in [1.165, 1.54) is 25.7 Å². The highest BCUT2D eigenvalue weighted by Crippen LogP contribution is 2.07.